The summed E-state index contributed by atoms with van der Waals surface area (Å²) >= 11 is 3.28. The Labute approximate surface area is 95.6 Å². The van der Waals surface area contributed by atoms with Crippen molar-refractivity contribution in [2.75, 3.05) is 14.2 Å². The van der Waals surface area contributed by atoms with E-state index in [0.29, 0.717) is 15.8 Å². The Morgan fingerprint density at radius 2 is 2.00 bits per heavy atom. The van der Waals surface area contributed by atoms with Crippen LogP contribution in [-0.2, 0) is 0 Å². The first-order chi connectivity index (χ1) is 7.15. The monoisotopic (exact) mass is 274 g/mol. The molecule has 0 bridgehead atoms. The molecule has 0 atom stereocenters. The van der Waals surface area contributed by atoms with E-state index in [4.69, 9.17) is 15.3 Å². The Kier molecular flexibility index (Phi) is 3.79. The first kappa shape index (κ1) is 11.6. The summed E-state index contributed by atoms with van der Waals surface area (Å²) in [6, 6.07) is 1.63. The third-order valence-corrected chi connectivity index (χ3v) is 2.40. The molecule has 0 radical (unpaired) electrons. The van der Waals surface area contributed by atoms with Gasteiger partial charge in [0.2, 0.25) is 5.75 Å². The lowest BCUT2D eigenvalue weighted by Gasteiger charge is -2.12. The van der Waals surface area contributed by atoms with Gasteiger partial charge in [-0.2, -0.15) is 5.10 Å². The van der Waals surface area contributed by atoms with Crippen LogP contribution in [0.5, 0.6) is 17.2 Å². The van der Waals surface area contributed by atoms with E-state index < -0.39 is 0 Å². The number of phenols is 1. The molecule has 0 spiro atoms. The van der Waals surface area contributed by atoms with Gasteiger partial charge in [0.1, 0.15) is 0 Å². The molecule has 0 saturated heterocycles. The number of nitrogens with two attached hydrogens (primary N) is 1. The highest BCUT2D eigenvalue weighted by molar-refractivity contribution is 9.10. The van der Waals surface area contributed by atoms with Gasteiger partial charge in [0, 0.05) is 5.56 Å². The van der Waals surface area contributed by atoms with Gasteiger partial charge in [-0.05, 0) is 22.0 Å². The lowest BCUT2D eigenvalue weighted by atomic mass is 10.2. The number of hydrazone groups is 1. The predicted octanol–water partition coefficient (Wildman–Crippen LogP) is 1.46. The van der Waals surface area contributed by atoms with Crippen molar-refractivity contribution >= 4 is 22.1 Å². The van der Waals surface area contributed by atoms with Crippen molar-refractivity contribution in [3.8, 4) is 17.2 Å². The van der Waals surface area contributed by atoms with Crippen molar-refractivity contribution in [3.05, 3.63) is 16.1 Å². The fourth-order valence-corrected chi connectivity index (χ4v) is 1.76. The second kappa shape index (κ2) is 4.88. The summed E-state index contributed by atoms with van der Waals surface area (Å²) in [4.78, 5) is 0. The first-order valence-corrected chi connectivity index (χ1v) is 4.81. The standard InChI is InChI=1S/C9H11BrN2O3/c1-14-8-6(10)3-5(4-12-11)7(13)9(8)15-2/h3-4,13H,11H2,1-2H3. The molecule has 15 heavy (non-hydrogen) atoms. The van der Waals surface area contributed by atoms with Gasteiger partial charge >= 0.3 is 0 Å². The molecule has 0 aliphatic rings. The van der Waals surface area contributed by atoms with Gasteiger partial charge in [-0.3, -0.25) is 0 Å². The molecule has 0 aromatic heterocycles. The first-order valence-electron chi connectivity index (χ1n) is 4.02. The van der Waals surface area contributed by atoms with E-state index in [1.807, 2.05) is 0 Å². The summed E-state index contributed by atoms with van der Waals surface area (Å²) < 4.78 is 10.7. The molecule has 0 aliphatic heterocycles. The Bertz CT molecular complexity index is 393. The van der Waals surface area contributed by atoms with Gasteiger partial charge in [-0.25, -0.2) is 0 Å². The fraction of sp³-hybridized carbons (Fsp3) is 0.222. The normalized spacial score (nSPS) is 10.6. The van der Waals surface area contributed by atoms with Crippen molar-refractivity contribution in [2.45, 2.75) is 0 Å². The van der Waals surface area contributed by atoms with Crippen LogP contribution in [0.3, 0.4) is 0 Å². The minimum Gasteiger partial charge on any atom is -0.504 e. The quantitative estimate of drug-likeness (QED) is 0.497. The minimum atomic E-state index is -0.0632. The molecule has 0 heterocycles. The van der Waals surface area contributed by atoms with Crippen LogP contribution < -0.4 is 15.3 Å². The molecule has 1 rings (SSSR count). The maximum atomic E-state index is 9.78. The maximum Gasteiger partial charge on any atom is 0.204 e. The number of hydrogen-bond donors (Lipinski definition) is 2. The zero-order chi connectivity index (χ0) is 11.4. The van der Waals surface area contributed by atoms with Crippen LogP contribution in [0.4, 0.5) is 0 Å². The fourth-order valence-electron chi connectivity index (χ4n) is 1.18. The Morgan fingerprint density at radius 3 is 2.47 bits per heavy atom. The number of halogens is 1. The highest BCUT2D eigenvalue weighted by Gasteiger charge is 2.17. The van der Waals surface area contributed by atoms with Crippen molar-refractivity contribution < 1.29 is 14.6 Å². The molecule has 1 aromatic carbocycles. The molecule has 0 amide bonds. The van der Waals surface area contributed by atoms with Crippen molar-refractivity contribution in [3.63, 3.8) is 0 Å². The van der Waals surface area contributed by atoms with Crippen molar-refractivity contribution in [1.29, 1.82) is 0 Å². The Morgan fingerprint density at radius 1 is 1.40 bits per heavy atom. The summed E-state index contributed by atoms with van der Waals surface area (Å²) in [7, 11) is 2.92. The average Bonchev–Trinajstić information content (AvgIpc) is 2.22. The van der Waals surface area contributed by atoms with Gasteiger partial charge in [0.05, 0.1) is 24.9 Å². The van der Waals surface area contributed by atoms with E-state index in [2.05, 4.69) is 21.0 Å². The summed E-state index contributed by atoms with van der Waals surface area (Å²) in [5.74, 6) is 5.61. The van der Waals surface area contributed by atoms with Gasteiger partial charge < -0.3 is 20.4 Å². The number of nitrogens with zero attached hydrogens (tertiary/aromatic N) is 1. The highest BCUT2D eigenvalue weighted by Crippen LogP contribution is 2.43. The smallest absolute Gasteiger partial charge is 0.204 e. The van der Waals surface area contributed by atoms with Crippen LogP contribution in [-0.4, -0.2) is 25.5 Å². The minimum absolute atomic E-state index is 0.0632. The van der Waals surface area contributed by atoms with Gasteiger partial charge in [-0.15, -0.1) is 0 Å². The molecule has 0 saturated carbocycles. The molecule has 0 unspecified atom stereocenters. The maximum absolute atomic E-state index is 9.78. The van der Waals surface area contributed by atoms with Gasteiger partial charge in [0.25, 0.3) is 0 Å². The Hall–Kier alpha value is -1.43. The Balaban J connectivity index is 3.44. The van der Waals surface area contributed by atoms with Crippen LogP contribution in [0.25, 0.3) is 0 Å². The zero-order valence-electron chi connectivity index (χ0n) is 8.32. The molecule has 1 aromatic rings. The van der Waals surface area contributed by atoms with Gasteiger partial charge in [0.15, 0.2) is 11.5 Å². The third kappa shape index (κ3) is 2.15. The number of methoxy groups -OCH3 is 2. The number of benzene rings is 1. The largest absolute Gasteiger partial charge is 0.504 e. The van der Waals surface area contributed by atoms with E-state index in [1.54, 1.807) is 6.07 Å². The second-order valence-corrected chi connectivity index (χ2v) is 3.50. The number of ether oxygens (including phenoxy) is 2. The molecule has 5 nitrogen and oxygen atoms in total. The summed E-state index contributed by atoms with van der Waals surface area (Å²) in [5, 5.41) is 13.1. The lowest BCUT2D eigenvalue weighted by Crippen LogP contribution is -1.96. The van der Waals surface area contributed by atoms with Crippen LogP contribution in [0, 0.1) is 0 Å². The number of rotatable bonds is 3. The van der Waals surface area contributed by atoms with Crippen LogP contribution in [0.2, 0.25) is 0 Å². The summed E-state index contributed by atoms with van der Waals surface area (Å²) in [6.07, 6.45) is 1.32. The zero-order valence-corrected chi connectivity index (χ0v) is 9.91. The number of hydrogen-bond acceptors (Lipinski definition) is 5. The molecule has 6 heteroatoms. The topological polar surface area (TPSA) is 77.1 Å². The molecule has 82 valence electrons. The van der Waals surface area contributed by atoms with Crippen LogP contribution >= 0.6 is 15.9 Å². The van der Waals surface area contributed by atoms with E-state index in [0.717, 1.165) is 0 Å². The summed E-state index contributed by atoms with van der Waals surface area (Å²) in [6.45, 7) is 0. The van der Waals surface area contributed by atoms with E-state index in [9.17, 15) is 5.11 Å². The molecule has 0 fully saturated rings. The van der Waals surface area contributed by atoms with E-state index >= 15 is 0 Å². The molecular weight excluding hydrogens is 264 g/mol. The molecule has 3 N–H and O–H groups in total. The van der Waals surface area contributed by atoms with Gasteiger partial charge in [-0.1, -0.05) is 0 Å². The van der Waals surface area contributed by atoms with E-state index in [-0.39, 0.29) is 11.5 Å². The van der Waals surface area contributed by atoms with Crippen LogP contribution in [0.15, 0.2) is 15.6 Å². The molecular formula is C9H11BrN2O3. The van der Waals surface area contributed by atoms with Crippen molar-refractivity contribution in [1.82, 2.24) is 0 Å². The molecule has 0 aliphatic carbocycles. The SMILES string of the molecule is COc1c(Br)cc(C=NN)c(O)c1OC. The predicted molar refractivity (Wildman–Crippen MR) is 60.7 cm³/mol. The number of phenolic OH excluding ortho intramolecular Hbond substituents is 1. The lowest BCUT2D eigenvalue weighted by molar-refractivity contribution is 0.331. The van der Waals surface area contributed by atoms with Crippen LogP contribution in [0.1, 0.15) is 5.56 Å². The third-order valence-electron chi connectivity index (χ3n) is 1.82. The number of aromatic hydroxyl groups is 1. The highest BCUT2D eigenvalue weighted by atomic mass is 79.9. The van der Waals surface area contributed by atoms with E-state index in [1.165, 1.54) is 20.4 Å². The van der Waals surface area contributed by atoms with Crippen molar-refractivity contribution in [2.24, 2.45) is 10.9 Å². The summed E-state index contributed by atoms with van der Waals surface area (Å²) in [5.41, 5.74) is 0.446. The average molecular weight is 275 g/mol. The second-order valence-electron chi connectivity index (χ2n) is 2.64.